The van der Waals surface area contributed by atoms with Gasteiger partial charge in [0.2, 0.25) is 5.88 Å². The zero-order chi connectivity index (χ0) is 22.1. The lowest BCUT2D eigenvalue weighted by Crippen LogP contribution is -2.44. The molecule has 5 rings (SSSR count). The number of hydrogen-bond donors (Lipinski definition) is 0. The molecule has 0 N–H and O–H groups in total. The molecule has 32 heavy (non-hydrogen) atoms. The van der Waals surface area contributed by atoms with Crippen LogP contribution in [0.1, 0.15) is 0 Å². The monoisotopic (exact) mass is 427 g/mol. The standard InChI is InChI=1S/C25H25N5O2/c1-28-12-14-30(15-13-28)22-9-8-18(17-27-22)24-25-20(10-11-26-24)21(31)16-23(32-25)29(2)19-6-4-3-5-7-19/h3-11,16-17H,12-15H2,1-2H3. The van der Waals surface area contributed by atoms with Gasteiger partial charge in [-0.05, 0) is 37.4 Å². The zero-order valence-electron chi connectivity index (χ0n) is 18.2. The van der Waals surface area contributed by atoms with E-state index in [0.29, 0.717) is 22.5 Å². The number of hydrogen-bond acceptors (Lipinski definition) is 7. The summed E-state index contributed by atoms with van der Waals surface area (Å²) in [5.41, 5.74) is 2.72. The van der Waals surface area contributed by atoms with E-state index in [1.807, 2.05) is 60.6 Å². The maximum Gasteiger partial charge on any atom is 0.204 e. The molecule has 0 spiro atoms. The van der Waals surface area contributed by atoms with E-state index in [1.165, 1.54) is 6.07 Å². The molecule has 7 nitrogen and oxygen atoms in total. The van der Waals surface area contributed by atoms with E-state index in [0.717, 1.165) is 43.2 Å². The van der Waals surface area contributed by atoms with Gasteiger partial charge in [0, 0.05) is 62.9 Å². The van der Waals surface area contributed by atoms with Gasteiger partial charge in [-0.2, -0.15) is 0 Å². The highest BCUT2D eigenvalue weighted by atomic mass is 16.4. The fourth-order valence-corrected chi connectivity index (χ4v) is 3.97. The normalized spacial score (nSPS) is 14.6. The van der Waals surface area contributed by atoms with Gasteiger partial charge in [0.25, 0.3) is 0 Å². The van der Waals surface area contributed by atoms with Gasteiger partial charge in [-0.25, -0.2) is 4.98 Å². The largest absolute Gasteiger partial charge is 0.438 e. The van der Waals surface area contributed by atoms with E-state index >= 15 is 0 Å². The second-order valence-corrected chi connectivity index (χ2v) is 8.08. The number of aromatic nitrogens is 2. The van der Waals surface area contributed by atoms with Crippen molar-refractivity contribution in [2.24, 2.45) is 0 Å². The number of nitrogens with zero attached hydrogens (tertiary/aromatic N) is 5. The molecule has 0 atom stereocenters. The Kier molecular flexibility index (Phi) is 5.33. The summed E-state index contributed by atoms with van der Waals surface area (Å²) in [4.78, 5) is 28.5. The Balaban J connectivity index is 1.53. The number of pyridine rings is 2. The van der Waals surface area contributed by atoms with Gasteiger partial charge in [0.05, 0.1) is 5.39 Å². The first kappa shape index (κ1) is 20.2. The molecule has 0 amide bonds. The smallest absolute Gasteiger partial charge is 0.204 e. The predicted molar refractivity (Wildman–Crippen MR) is 128 cm³/mol. The number of benzene rings is 1. The molecule has 0 bridgehead atoms. The zero-order valence-corrected chi connectivity index (χ0v) is 18.2. The van der Waals surface area contributed by atoms with Crippen molar-refractivity contribution in [2.75, 3.05) is 50.1 Å². The van der Waals surface area contributed by atoms with Crippen molar-refractivity contribution in [1.29, 1.82) is 0 Å². The molecule has 0 unspecified atom stereocenters. The lowest BCUT2D eigenvalue weighted by Gasteiger charge is -2.33. The first-order chi connectivity index (χ1) is 15.6. The van der Waals surface area contributed by atoms with Gasteiger partial charge in [-0.15, -0.1) is 0 Å². The number of para-hydroxylation sites is 1. The van der Waals surface area contributed by atoms with E-state index in [1.54, 1.807) is 12.3 Å². The molecular weight excluding hydrogens is 402 g/mol. The third kappa shape index (κ3) is 3.83. The summed E-state index contributed by atoms with van der Waals surface area (Å²) in [6.45, 7) is 3.97. The molecule has 4 aromatic rings. The van der Waals surface area contributed by atoms with Gasteiger partial charge in [0.1, 0.15) is 11.5 Å². The minimum Gasteiger partial charge on any atom is -0.438 e. The molecule has 1 aliphatic rings. The molecule has 0 saturated carbocycles. The fourth-order valence-electron chi connectivity index (χ4n) is 3.97. The van der Waals surface area contributed by atoms with Crippen LogP contribution in [0.2, 0.25) is 0 Å². The van der Waals surface area contributed by atoms with E-state index in [2.05, 4.69) is 26.8 Å². The van der Waals surface area contributed by atoms with Crippen LogP contribution >= 0.6 is 0 Å². The Morgan fingerprint density at radius 1 is 0.969 bits per heavy atom. The average Bonchev–Trinajstić information content (AvgIpc) is 2.84. The molecule has 0 radical (unpaired) electrons. The van der Waals surface area contributed by atoms with Crippen molar-refractivity contribution in [2.45, 2.75) is 0 Å². The summed E-state index contributed by atoms with van der Waals surface area (Å²) in [7, 11) is 4.01. The average molecular weight is 428 g/mol. The first-order valence-corrected chi connectivity index (χ1v) is 10.7. The van der Waals surface area contributed by atoms with Gasteiger partial charge in [-0.3, -0.25) is 9.78 Å². The molecule has 4 heterocycles. The summed E-state index contributed by atoms with van der Waals surface area (Å²) in [6.07, 6.45) is 3.45. The summed E-state index contributed by atoms with van der Waals surface area (Å²) >= 11 is 0. The van der Waals surface area contributed by atoms with Crippen LogP contribution in [0.25, 0.3) is 22.2 Å². The van der Waals surface area contributed by atoms with Crippen LogP contribution in [-0.4, -0.2) is 55.1 Å². The Bertz CT molecular complexity index is 1280. The lowest BCUT2D eigenvalue weighted by atomic mass is 10.1. The van der Waals surface area contributed by atoms with Gasteiger partial charge < -0.3 is 19.1 Å². The summed E-state index contributed by atoms with van der Waals surface area (Å²) in [5.74, 6) is 1.41. The Morgan fingerprint density at radius 2 is 1.75 bits per heavy atom. The van der Waals surface area contributed by atoms with Crippen LogP contribution in [-0.2, 0) is 0 Å². The van der Waals surface area contributed by atoms with Crippen molar-refractivity contribution in [3.8, 4) is 11.3 Å². The van der Waals surface area contributed by atoms with Gasteiger partial charge in [-0.1, -0.05) is 18.2 Å². The van der Waals surface area contributed by atoms with Crippen molar-refractivity contribution in [1.82, 2.24) is 14.9 Å². The molecule has 7 heteroatoms. The van der Waals surface area contributed by atoms with Crippen LogP contribution < -0.4 is 15.2 Å². The molecule has 162 valence electrons. The third-order valence-electron chi connectivity index (χ3n) is 5.95. The minimum absolute atomic E-state index is 0.102. The number of rotatable bonds is 4. The summed E-state index contributed by atoms with van der Waals surface area (Å²) < 4.78 is 6.22. The summed E-state index contributed by atoms with van der Waals surface area (Å²) in [6, 6.07) is 17.0. The van der Waals surface area contributed by atoms with Crippen LogP contribution in [0.5, 0.6) is 0 Å². The highest BCUT2D eigenvalue weighted by Crippen LogP contribution is 2.30. The molecule has 1 saturated heterocycles. The van der Waals surface area contributed by atoms with Gasteiger partial charge in [0.15, 0.2) is 11.0 Å². The minimum atomic E-state index is -0.102. The van der Waals surface area contributed by atoms with Crippen LogP contribution in [0.3, 0.4) is 0 Å². The van der Waals surface area contributed by atoms with Gasteiger partial charge >= 0.3 is 0 Å². The molecular formula is C25H25N5O2. The fraction of sp³-hybridized carbons (Fsp3) is 0.240. The Labute approximate surface area is 186 Å². The second kappa shape index (κ2) is 8.43. The third-order valence-corrected chi connectivity index (χ3v) is 5.95. The van der Waals surface area contributed by atoms with Crippen LogP contribution in [0, 0.1) is 0 Å². The van der Waals surface area contributed by atoms with Crippen molar-refractivity contribution in [3.05, 3.63) is 77.2 Å². The van der Waals surface area contributed by atoms with E-state index in [-0.39, 0.29) is 5.43 Å². The van der Waals surface area contributed by atoms with E-state index < -0.39 is 0 Å². The quantitative estimate of drug-likeness (QED) is 0.491. The number of anilines is 3. The number of fused-ring (bicyclic) bond motifs is 1. The topological polar surface area (TPSA) is 65.7 Å². The maximum absolute atomic E-state index is 12.9. The van der Waals surface area contributed by atoms with Crippen molar-refractivity contribution in [3.63, 3.8) is 0 Å². The molecule has 3 aromatic heterocycles. The molecule has 1 aliphatic heterocycles. The number of likely N-dealkylation sites (N-methyl/N-ethyl adjacent to an activating group) is 1. The van der Waals surface area contributed by atoms with Crippen molar-refractivity contribution < 1.29 is 4.42 Å². The number of piperazine rings is 1. The molecule has 1 fully saturated rings. The lowest BCUT2D eigenvalue weighted by molar-refractivity contribution is 0.312. The highest BCUT2D eigenvalue weighted by Gasteiger charge is 2.17. The predicted octanol–water partition coefficient (Wildman–Crippen LogP) is 3.77. The van der Waals surface area contributed by atoms with E-state index in [4.69, 9.17) is 4.42 Å². The highest BCUT2D eigenvalue weighted by molar-refractivity contribution is 5.90. The Hall–Kier alpha value is -3.71. The van der Waals surface area contributed by atoms with Crippen LogP contribution in [0.15, 0.2) is 76.2 Å². The molecule has 0 aliphatic carbocycles. The summed E-state index contributed by atoms with van der Waals surface area (Å²) in [5, 5.41) is 0.503. The first-order valence-electron chi connectivity index (χ1n) is 10.7. The van der Waals surface area contributed by atoms with Crippen molar-refractivity contribution >= 4 is 28.4 Å². The van der Waals surface area contributed by atoms with Crippen LogP contribution in [0.4, 0.5) is 17.4 Å². The second-order valence-electron chi connectivity index (χ2n) is 8.08. The van der Waals surface area contributed by atoms with E-state index in [9.17, 15) is 4.79 Å². The SMILES string of the molecule is CN1CCN(c2ccc(-c3nccc4c(=O)cc(N(C)c5ccccc5)oc34)cn2)CC1. The maximum atomic E-state index is 12.9. The Morgan fingerprint density at radius 3 is 2.47 bits per heavy atom. The molecule has 1 aromatic carbocycles.